The molecule has 2 amide bonds. The highest BCUT2D eigenvalue weighted by atomic mass is 16.4. The maximum absolute atomic E-state index is 13.3. The van der Waals surface area contributed by atoms with Crippen LogP contribution < -0.4 is 5.32 Å². The average Bonchev–Trinajstić information content (AvgIpc) is 2.93. The lowest BCUT2D eigenvalue weighted by Gasteiger charge is -2.28. The van der Waals surface area contributed by atoms with Crippen LogP contribution in [0, 0.1) is 0 Å². The third-order valence-electron chi connectivity index (χ3n) is 7.86. The van der Waals surface area contributed by atoms with E-state index >= 15 is 0 Å². The van der Waals surface area contributed by atoms with Crippen LogP contribution in [0.2, 0.25) is 0 Å². The van der Waals surface area contributed by atoms with Crippen LogP contribution in [0.5, 0.6) is 0 Å². The van der Waals surface area contributed by atoms with Crippen molar-refractivity contribution >= 4 is 34.2 Å². The summed E-state index contributed by atoms with van der Waals surface area (Å²) in [4.78, 5) is 38.6. The van der Waals surface area contributed by atoms with Gasteiger partial charge in [-0.15, -0.1) is 0 Å². The number of aliphatic carboxylic acids is 1. The minimum absolute atomic E-state index is 0.184. The van der Waals surface area contributed by atoms with Gasteiger partial charge in [-0.25, -0.2) is 0 Å². The number of amides is 2. The summed E-state index contributed by atoms with van der Waals surface area (Å²) in [5.41, 5.74) is 2.24. The maximum Gasteiger partial charge on any atom is 0.303 e. The number of hydrogen-bond donors (Lipinski definition) is 2. The van der Waals surface area contributed by atoms with E-state index in [-0.39, 0.29) is 18.2 Å². The van der Waals surface area contributed by atoms with Crippen LogP contribution in [-0.4, -0.2) is 40.9 Å². The number of hydrogen-bond acceptors (Lipinski definition) is 4. The average molecular weight is 537 g/mol. The zero-order chi connectivity index (χ0) is 27.9. The molecule has 214 valence electrons. The molecule has 0 radical (unpaired) electrons. The molecule has 3 rings (SSSR count). The Kier molecular flexibility index (Phi) is 13.3. The molecule has 0 aliphatic carbocycles. The predicted octanol–water partition coefficient (Wildman–Crippen LogP) is 8.58. The van der Waals surface area contributed by atoms with Gasteiger partial charge in [-0.05, 0) is 37.5 Å². The monoisotopic (exact) mass is 536 g/mol. The zero-order valence-corrected chi connectivity index (χ0v) is 23.9. The summed E-state index contributed by atoms with van der Waals surface area (Å²) in [5.74, 6) is -1.09. The van der Waals surface area contributed by atoms with E-state index in [1.165, 1.54) is 49.8 Å². The highest BCUT2D eigenvalue weighted by Gasteiger charge is 2.32. The highest BCUT2D eigenvalue weighted by molar-refractivity contribution is 6.26. The number of benzene rings is 2. The number of nitrogens with one attached hydrogen (secondary N) is 1. The maximum atomic E-state index is 13.3. The van der Waals surface area contributed by atoms with E-state index < -0.39 is 5.97 Å². The van der Waals surface area contributed by atoms with E-state index in [1.54, 1.807) is 0 Å². The number of imide groups is 1. The molecular weight excluding hydrogens is 488 g/mol. The van der Waals surface area contributed by atoms with E-state index in [2.05, 4.69) is 12.2 Å². The third-order valence-corrected chi connectivity index (χ3v) is 7.86. The number of rotatable bonds is 21. The van der Waals surface area contributed by atoms with Gasteiger partial charge in [-0.1, -0.05) is 103 Å². The number of carbonyl (C=O) groups is 3. The SMILES string of the molecule is CCCCCCCCCCNc1ccc2c3c(cccc13)C(=O)N(CCCCCCCCCCC(=O)O)C2=O. The van der Waals surface area contributed by atoms with Crippen molar-refractivity contribution in [3.63, 3.8) is 0 Å². The fraction of sp³-hybridized carbons (Fsp3) is 0.606. The molecule has 2 N–H and O–H groups in total. The lowest BCUT2D eigenvalue weighted by Crippen LogP contribution is -2.40. The van der Waals surface area contributed by atoms with Gasteiger partial charge >= 0.3 is 5.97 Å². The number of carboxylic acids is 1. The first-order chi connectivity index (χ1) is 19.0. The van der Waals surface area contributed by atoms with Gasteiger partial charge in [0.25, 0.3) is 11.8 Å². The molecule has 0 aromatic heterocycles. The molecule has 0 bridgehead atoms. The Morgan fingerprint density at radius 3 is 1.92 bits per heavy atom. The normalized spacial score (nSPS) is 12.9. The fourth-order valence-electron chi connectivity index (χ4n) is 5.59. The van der Waals surface area contributed by atoms with Crippen LogP contribution in [-0.2, 0) is 4.79 Å². The summed E-state index contributed by atoms with van der Waals surface area (Å²) in [6.07, 6.45) is 18.3. The molecular formula is C33H48N2O4. The summed E-state index contributed by atoms with van der Waals surface area (Å²) in [5, 5.41) is 14.0. The van der Waals surface area contributed by atoms with Crippen LogP contribution in [0.25, 0.3) is 10.8 Å². The second-order valence-corrected chi connectivity index (χ2v) is 11.0. The fourth-order valence-corrected chi connectivity index (χ4v) is 5.59. The molecule has 1 aliphatic rings. The van der Waals surface area contributed by atoms with E-state index in [0.717, 1.165) is 80.8 Å². The lowest BCUT2D eigenvalue weighted by atomic mass is 9.92. The van der Waals surface area contributed by atoms with E-state index in [1.807, 2.05) is 30.3 Å². The number of carbonyl (C=O) groups excluding carboxylic acids is 2. The number of nitrogens with zero attached hydrogens (tertiary/aromatic N) is 1. The Morgan fingerprint density at radius 2 is 1.28 bits per heavy atom. The Bertz CT molecular complexity index is 1060. The number of unbranched alkanes of at least 4 members (excludes halogenated alkanes) is 14. The summed E-state index contributed by atoms with van der Waals surface area (Å²) in [6, 6.07) is 9.66. The molecule has 2 aromatic rings. The summed E-state index contributed by atoms with van der Waals surface area (Å²) < 4.78 is 0. The topological polar surface area (TPSA) is 86.7 Å². The second-order valence-electron chi connectivity index (χ2n) is 11.0. The summed E-state index contributed by atoms with van der Waals surface area (Å²) >= 11 is 0. The molecule has 6 heteroatoms. The van der Waals surface area contributed by atoms with Gasteiger partial charge in [-0.2, -0.15) is 0 Å². The zero-order valence-electron chi connectivity index (χ0n) is 23.9. The molecule has 0 saturated carbocycles. The first kappa shape index (κ1) is 30.6. The van der Waals surface area contributed by atoms with Crippen LogP contribution in [0.1, 0.15) is 137 Å². The van der Waals surface area contributed by atoms with Crippen molar-refractivity contribution in [2.45, 2.75) is 116 Å². The largest absolute Gasteiger partial charge is 0.481 e. The van der Waals surface area contributed by atoms with Gasteiger partial charge < -0.3 is 10.4 Å². The van der Waals surface area contributed by atoms with Crippen molar-refractivity contribution in [2.24, 2.45) is 0 Å². The quantitative estimate of drug-likeness (QED) is 0.123. The first-order valence-corrected chi connectivity index (χ1v) is 15.4. The smallest absolute Gasteiger partial charge is 0.303 e. The standard InChI is InChI=1S/C33H48N2O4/c1-2-3-4-5-6-10-13-16-24-34-29-23-22-28-31-26(29)19-18-20-27(31)32(38)35(33(28)39)25-17-14-11-8-7-9-12-15-21-30(36)37/h18-20,22-23,34H,2-17,21,24-25H2,1H3,(H,36,37). The van der Waals surface area contributed by atoms with Gasteiger partial charge in [0.2, 0.25) is 0 Å². The van der Waals surface area contributed by atoms with Crippen LogP contribution in [0.3, 0.4) is 0 Å². The molecule has 0 fully saturated rings. The number of carboxylic acid groups (broad SMARTS) is 1. The third kappa shape index (κ3) is 9.36. The highest BCUT2D eigenvalue weighted by Crippen LogP contribution is 2.34. The van der Waals surface area contributed by atoms with E-state index in [4.69, 9.17) is 5.11 Å². The molecule has 0 spiro atoms. The Hall–Kier alpha value is -2.89. The second kappa shape index (κ2) is 16.9. The Balaban J connectivity index is 1.45. The van der Waals surface area contributed by atoms with Crippen LogP contribution in [0.4, 0.5) is 5.69 Å². The van der Waals surface area contributed by atoms with Crippen molar-refractivity contribution < 1.29 is 19.5 Å². The minimum atomic E-state index is -0.721. The van der Waals surface area contributed by atoms with Crippen molar-refractivity contribution in [3.8, 4) is 0 Å². The number of anilines is 1. The van der Waals surface area contributed by atoms with Gasteiger partial charge in [-0.3, -0.25) is 19.3 Å². The molecule has 0 saturated heterocycles. The summed E-state index contributed by atoms with van der Waals surface area (Å²) in [6.45, 7) is 3.59. The van der Waals surface area contributed by atoms with Crippen molar-refractivity contribution in [2.75, 3.05) is 18.4 Å². The van der Waals surface area contributed by atoms with E-state index in [9.17, 15) is 14.4 Å². The molecule has 2 aromatic carbocycles. The molecule has 1 aliphatic heterocycles. The van der Waals surface area contributed by atoms with Gasteiger partial charge in [0, 0.05) is 47.1 Å². The van der Waals surface area contributed by atoms with E-state index in [0.29, 0.717) is 17.7 Å². The van der Waals surface area contributed by atoms with Gasteiger partial charge in [0.1, 0.15) is 0 Å². The van der Waals surface area contributed by atoms with Crippen molar-refractivity contribution in [1.82, 2.24) is 4.90 Å². The van der Waals surface area contributed by atoms with Crippen LogP contribution in [0.15, 0.2) is 30.3 Å². The molecule has 0 unspecified atom stereocenters. The molecule has 39 heavy (non-hydrogen) atoms. The Labute approximate surface area is 234 Å². The predicted molar refractivity (Wildman–Crippen MR) is 160 cm³/mol. The van der Waals surface area contributed by atoms with Crippen molar-refractivity contribution in [1.29, 1.82) is 0 Å². The molecule has 0 atom stereocenters. The van der Waals surface area contributed by atoms with Crippen LogP contribution >= 0.6 is 0 Å². The molecule has 1 heterocycles. The Morgan fingerprint density at radius 1 is 0.718 bits per heavy atom. The first-order valence-electron chi connectivity index (χ1n) is 15.4. The minimum Gasteiger partial charge on any atom is -0.481 e. The molecule has 6 nitrogen and oxygen atoms in total. The lowest BCUT2D eigenvalue weighted by molar-refractivity contribution is -0.137. The van der Waals surface area contributed by atoms with Gasteiger partial charge in [0.15, 0.2) is 0 Å². The summed E-state index contributed by atoms with van der Waals surface area (Å²) in [7, 11) is 0. The van der Waals surface area contributed by atoms with Crippen molar-refractivity contribution in [3.05, 3.63) is 41.5 Å². The van der Waals surface area contributed by atoms with Gasteiger partial charge in [0.05, 0.1) is 0 Å².